The van der Waals surface area contributed by atoms with Crippen LogP contribution >= 0.6 is 0 Å². The first-order valence-electron chi connectivity index (χ1n) is 10.3. The van der Waals surface area contributed by atoms with E-state index in [2.05, 4.69) is 4.90 Å². The zero-order valence-corrected chi connectivity index (χ0v) is 17.4. The molecule has 0 unspecified atom stereocenters. The largest absolute Gasteiger partial charge is 0.467 e. The van der Waals surface area contributed by atoms with Crippen LogP contribution in [0.5, 0.6) is 5.75 Å². The van der Waals surface area contributed by atoms with Crippen molar-refractivity contribution >= 4 is 17.8 Å². The van der Waals surface area contributed by atoms with E-state index in [-0.39, 0.29) is 11.7 Å². The first-order valence-corrected chi connectivity index (χ1v) is 10.3. The van der Waals surface area contributed by atoms with Crippen LogP contribution in [0.2, 0.25) is 0 Å². The summed E-state index contributed by atoms with van der Waals surface area (Å²) in [6.45, 7) is 1.70. The monoisotopic (exact) mass is 424 g/mol. The highest BCUT2D eigenvalue weighted by Crippen LogP contribution is 2.39. The Hall–Kier alpha value is -3.03. The Morgan fingerprint density at radius 1 is 1.19 bits per heavy atom. The van der Waals surface area contributed by atoms with Gasteiger partial charge in [-0.25, -0.2) is 4.39 Å². The highest BCUT2D eigenvalue weighted by Gasteiger charge is 2.46. The van der Waals surface area contributed by atoms with Crippen LogP contribution in [-0.2, 0) is 11.3 Å². The zero-order chi connectivity index (χ0) is 22.0. The third kappa shape index (κ3) is 4.38. The van der Waals surface area contributed by atoms with Crippen molar-refractivity contribution in [1.29, 1.82) is 0 Å². The first-order chi connectivity index (χ1) is 14.9. The summed E-state index contributed by atoms with van der Waals surface area (Å²) in [7, 11) is 1.76. The number of aliphatic hydroxyl groups excluding tert-OH is 1. The van der Waals surface area contributed by atoms with Gasteiger partial charge in [0.1, 0.15) is 18.2 Å². The van der Waals surface area contributed by atoms with E-state index in [9.17, 15) is 14.0 Å². The molecule has 1 amide bonds. The van der Waals surface area contributed by atoms with E-state index in [1.54, 1.807) is 48.4 Å². The highest BCUT2D eigenvalue weighted by molar-refractivity contribution is 5.99. The van der Waals surface area contributed by atoms with Crippen LogP contribution in [0.1, 0.15) is 34.3 Å². The van der Waals surface area contributed by atoms with Crippen LogP contribution < -0.4 is 4.74 Å². The van der Waals surface area contributed by atoms with E-state index in [1.165, 1.54) is 18.2 Å². The van der Waals surface area contributed by atoms with Crippen LogP contribution in [-0.4, -0.2) is 59.1 Å². The molecular weight excluding hydrogens is 399 g/mol. The molecule has 162 valence electrons. The fraction of sp³-hybridized carbons (Fsp3) is 0.333. The zero-order valence-electron chi connectivity index (χ0n) is 17.4. The lowest BCUT2D eigenvalue weighted by atomic mass is 9.94. The van der Waals surface area contributed by atoms with Crippen LogP contribution in [0.25, 0.3) is 6.08 Å². The van der Waals surface area contributed by atoms with Crippen LogP contribution in [0.15, 0.2) is 48.5 Å². The third-order valence-electron chi connectivity index (χ3n) is 6.02. The van der Waals surface area contributed by atoms with Crippen molar-refractivity contribution in [3.8, 4) is 5.75 Å². The molecule has 2 aromatic carbocycles. The molecule has 7 heteroatoms. The summed E-state index contributed by atoms with van der Waals surface area (Å²) >= 11 is 0. The van der Waals surface area contributed by atoms with Crippen molar-refractivity contribution in [3.05, 3.63) is 71.0 Å². The summed E-state index contributed by atoms with van der Waals surface area (Å²) in [5.74, 6) is -0.212. The first kappa shape index (κ1) is 21.2. The summed E-state index contributed by atoms with van der Waals surface area (Å²) in [5.41, 5.74) is 1.52. The minimum absolute atomic E-state index is 0.114. The molecule has 0 bridgehead atoms. The molecule has 2 aliphatic rings. The fourth-order valence-corrected chi connectivity index (χ4v) is 4.13. The van der Waals surface area contributed by atoms with Crippen molar-refractivity contribution in [2.45, 2.75) is 25.1 Å². The van der Waals surface area contributed by atoms with Crippen molar-refractivity contribution < 1.29 is 23.8 Å². The molecule has 2 aliphatic heterocycles. The molecule has 31 heavy (non-hydrogen) atoms. The summed E-state index contributed by atoms with van der Waals surface area (Å²) < 4.78 is 19.5. The number of carbonyl (C=O) groups excluding carboxylic acids is 2. The Bertz CT molecular complexity index is 1010. The van der Waals surface area contributed by atoms with Gasteiger partial charge in [-0.05, 0) is 41.5 Å². The van der Waals surface area contributed by atoms with Gasteiger partial charge in [0.15, 0.2) is 11.5 Å². The Labute approximate surface area is 180 Å². The maximum absolute atomic E-state index is 13.1. The molecule has 1 N–H and O–H groups in total. The number of nitrogens with zero attached hydrogens (tertiary/aromatic N) is 2. The second kappa shape index (κ2) is 8.61. The summed E-state index contributed by atoms with van der Waals surface area (Å²) in [4.78, 5) is 28.4. The van der Waals surface area contributed by atoms with Gasteiger partial charge in [-0.2, -0.15) is 0 Å². The number of ketones is 1. The lowest BCUT2D eigenvalue weighted by Gasteiger charge is -2.49. The van der Waals surface area contributed by atoms with Gasteiger partial charge in [-0.15, -0.1) is 0 Å². The van der Waals surface area contributed by atoms with E-state index in [1.807, 2.05) is 0 Å². The third-order valence-corrected chi connectivity index (χ3v) is 6.02. The number of benzene rings is 2. The summed E-state index contributed by atoms with van der Waals surface area (Å²) in [6.07, 6.45) is 4.20. The Morgan fingerprint density at radius 3 is 2.58 bits per heavy atom. The molecule has 0 aromatic heterocycles. The maximum Gasteiger partial charge on any atom is 0.260 e. The molecule has 2 heterocycles. The minimum atomic E-state index is -0.687. The molecule has 1 spiro atoms. The summed E-state index contributed by atoms with van der Waals surface area (Å²) in [5, 5.41) is 8.83. The quantitative estimate of drug-likeness (QED) is 0.748. The SMILES string of the molecule is CN1C(=O)c2cc(/C=C/C(=O)CO)ccc2OC12CCN(Cc1ccc(F)cc1)CC2. The van der Waals surface area contributed by atoms with Crippen molar-refractivity contribution in [3.63, 3.8) is 0 Å². The van der Waals surface area contributed by atoms with Gasteiger partial charge >= 0.3 is 0 Å². The second-order valence-corrected chi connectivity index (χ2v) is 8.03. The number of amides is 1. The molecule has 0 atom stereocenters. The van der Waals surface area contributed by atoms with Crippen molar-refractivity contribution in [1.82, 2.24) is 9.80 Å². The Kier molecular flexibility index (Phi) is 5.89. The molecule has 6 nitrogen and oxygen atoms in total. The van der Waals surface area contributed by atoms with Gasteiger partial charge in [-0.1, -0.05) is 24.3 Å². The van der Waals surface area contributed by atoms with Gasteiger partial charge in [0.25, 0.3) is 5.91 Å². The number of piperidine rings is 1. The molecule has 0 aliphatic carbocycles. The molecule has 1 saturated heterocycles. The molecule has 0 radical (unpaired) electrons. The van der Waals surface area contributed by atoms with E-state index < -0.39 is 18.1 Å². The topological polar surface area (TPSA) is 70.1 Å². The molecule has 1 fully saturated rings. The number of fused-ring (bicyclic) bond motifs is 1. The normalized spacial score (nSPS) is 18.3. The number of ether oxygens (including phenoxy) is 1. The van der Waals surface area contributed by atoms with Crippen LogP contribution in [0, 0.1) is 5.82 Å². The lowest BCUT2D eigenvalue weighted by Crippen LogP contribution is -2.61. The van der Waals surface area contributed by atoms with E-state index in [0.29, 0.717) is 29.7 Å². The Morgan fingerprint density at radius 2 is 1.90 bits per heavy atom. The van der Waals surface area contributed by atoms with Gasteiger partial charge in [0, 0.05) is 39.5 Å². The van der Waals surface area contributed by atoms with E-state index in [4.69, 9.17) is 9.84 Å². The van der Waals surface area contributed by atoms with Gasteiger partial charge in [-0.3, -0.25) is 14.5 Å². The van der Waals surface area contributed by atoms with Crippen LogP contribution in [0.4, 0.5) is 4.39 Å². The number of likely N-dealkylation sites (tertiary alicyclic amines) is 1. The second-order valence-electron chi connectivity index (χ2n) is 8.03. The summed E-state index contributed by atoms with van der Waals surface area (Å²) in [6, 6.07) is 11.8. The van der Waals surface area contributed by atoms with E-state index >= 15 is 0 Å². The number of hydrogen-bond donors (Lipinski definition) is 1. The number of halogens is 1. The number of carbonyl (C=O) groups is 2. The molecule has 4 rings (SSSR count). The van der Waals surface area contributed by atoms with Crippen LogP contribution in [0.3, 0.4) is 0 Å². The molecule has 0 saturated carbocycles. The standard InChI is InChI=1S/C24H25FN2O4/c1-26-23(30)21-14-17(4-8-20(29)16-28)5-9-22(21)31-24(26)10-12-27(13-11-24)15-18-2-6-19(25)7-3-18/h2-9,14,28H,10-13,15-16H2,1H3/b8-4+. The molecule has 2 aromatic rings. The number of aliphatic hydroxyl groups is 1. The molecular formula is C24H25FN2O4. The van der Waals surface area contributed by atoms with Gasteiger partial charge < -0.3 is 14.7 Å². The maximum atomic E-state index is 13.1. The predicted molar refractivity (Wildman–Crippen MR) is 114 cm³/mol. The van der Waals surface area contributed by atoms with Crippen molar-refractivity contribution in [2.24, 2.45) is 0 Å². The number of rotatable bonds is 5. The Balaban J connectivity index is 1.47. The average molecular weight is 424 g/mol. The predicted octanol–water partition coefficient (Wildman–Crippen LogP) is 2.86. The minimum Gasteiger partial charge on any atom is -0.467 e. The lowest BCUT2D eigenvalue weighted by molar-refractivity contribution is -0.117. The average Bonchev–Trinajstić information content (AvgIpc) is 2.79. The van der Waals surface area contributed by atoms with Gasteiger partial charge in [0.2, 0.25) is 0 Å². The smallest absolute Gasteiger partial charge is 0.260 e. The van der Waals surface area contributed by atoms with Gasteiger partial charge in [0.05, 0.1) is 5.56 Å². The van der Waals surface area contributed by atoms with E-state index in [0.717, 1.165) is 25.2 Å². The number of hydrogen-bond acceptors (Lipinski definition) is 5. The fourth-order valence-electron chi connectivity index (χ4n) is 4.13. The van der Waals surface area contributed by atoms with Crippen molar-refractivity contribution in [2.75, 3.05) is 26.7 Å². The highest BCUT2D eigenvalue weighted by atomic mass is 19.1.